The highest BCUT2D eigenvalue weighted by atomic mass is 15.0. The summed E-state index contributed by atoms with van der Waals surface area (Å²) >= 11 is 0. The molecule has 2 heteroatoms. The largest absolute Gasteiger partial charge is 0.348 e. The Labute approximate surface area is 56.7 Å². The number of aliphatic imine (C=N–C) groups is 1. The van der Waals surface area contributed by atoms with E-state index in [9.17, 15) is 0 Å². The van der Waals surface area contributed by atoms with E-state index in [0.717, 1.165) is 18.0 Å². The van der Waals surface area contributed by atoms with Gasteiger partial charge < -0.3 is 5.32 Å². The van der Waals surface area contributed by atoms with Gasteiger partial charge in [0.1, 0.15) is 0 Å². The van der Waals surface area contributed by atoms with Gasteiger partial charge in [-0.1, -0.05) is 13.5 Å². The molecule has 0 bridgehead atoms. The molecule has 0 saturated heterocycles. The molecule has 0 aliphatic heterocycles. The fourth-order valence-corrected chi connectivity index (χ4v) is 0.549. The molecule has 0 aromatic heterocycles. The molecule has 0 aliphatic carbocycles. The number of nitrogens with zero attached hydrogens (tertiary/aromatic N) is 1. The highest BCUT2D eigenvalue weighted by Crippen LogP contribution is 1.84. The molecular weight excluding hydrogens is 112 g/mol. The number of allylic oxidation sites excluding steroid dienone is 1. The van der Waals surface area contributed by atoms with Crippen LogP contribution in [0.5, 0.6) is 0 Å². The van der Waals surface area contributed by atoms with Gasteiger partial charge in [0, 0.05) is 19.2 Å². The predicted molar refractivity (Wildman–Crippen MR) is 41.6 cm³/mol. The molecule has 0 saturated carbocycles. The molecule has 0 amide bonds. The highest BCUT2D eigenvalue weighted by molar-refractivity contribution is 5.83. The van der Waals surface area contributed by atoms with Crippen LogP contribution in [0.3, 0.4) is 0 Å². The van der Waals surface area contributed by atoms with E-state index in [1.165, 1.54) is 0 Å². The van der Waals surface area contributed by atoms with Crippen molar-refractivity contribution in [2.75, 3.05) is 7.05 Å². The van der Waals surface area contributed by atoms with E-state index in [1.54, 1.807) is 7.05 Å². The van der Waals surface area contributed by atoms with Crippen LogP contribution < -0.4 is 5.32 Å². The topological polar surface area (TPSA) is 24.4 Å². The molecule has 0 atom stereocenters. The van der Waals surface area contributed by atoms with Crippen molar-refractivity contribution in [1.82, 2.24) is 5.32 Å². The lowest BCUT2D eigenvalue weighted by molar-refractivity contribution is 1.05. The van der Waals surface area contributed by atoms with E-state index in [2.05, 4.69) is 23.8 Å². The third kappa shape index (κ3) is 3.76. The number of hydrogen-bond acceptors (Lipinski definition) is 1. The van der Waals surface area contributed by atoms with Crippen LogP contribution in [0.15, 0.2) is 17.3 Å². The average molecular weight is 126 g/mol. The molecule has 0 fully saturated rings. The number of rotatable bonds is 2. The molecule has 9 heavy (non-hydrogen) atoms. The van der Waals surface area contributed by atoms with Crippen molar-refractivity contribution in [1.29, 1.82) is 0 Å². The van der Waals surface area contributed by atoms with E-state index in [4.69, 9.17) is 0 Å². The van der Waals surface area contributed by atoms with Crippen LogP contribution in [-0.4, -0.2) is 12.9 Å². The van der Waals surface area contributed by atoms with Crippen LogP contribution in [0.2, 0.25) is 0 Å². The molecule has 0 aromatic rings. The fraction of sp³-hybridized carbons (Fsp3) is 0.571. The number of amidine groups is 1. The second kappa shape index (κ2) is 4.13. The SMILES string of the molecule is C=C(C)NC(CC)=NC. The van der Waals surface area contributed by atoms with Gasteiger partial charge in [-0.15, -0.1) is 0 Å². The summed E-state index contributed by atoms with van der Waals surface area (Å²) < 4.78 is 0. The molecule has 0 heterocycles. The van der Waals surface area contributed by atoms with Crippen molar-refractivity contribution in [2.45, 2.75) is 20.3 Å². The third-order valence-electron chi connectivity index (χ3n) is 0.962. The molecule has 0 radical (unpaired) electrons. The van der Waals surface area contributed by atoms with Gasteiger partial charge in [-0.05, 0) is 6.92 Å². The monoisotopic (exact) mass is 126 g/mol. The zero-order valence-corrected chi connectivity index (χ0v) is 6.36. The van der Waals surface area contributed by atoms with Crippen molar-refractivity contribution < 1.29 is 0 Å². The first-order valence-electron chi connectivity index (χ1n) is 3.09. The Morgan fingerprint density at radius 3 is 2.33 bits per heavy atom. The lowest BCUT2D eigenvalue weighted by Gasteiger charge is -2.04. The standard InChI is InChI=1S/C7H14N2/c1-5-7(8-4)9-6(2)3/h2,5H2,1,3-4H3,(H,8,9). The van der Waals surface area contributed by atoms with Gasteiger partial charge in [-0.2, -0.15) is 0 Å². The fourth-order valence-electron chi connectivity index (χ4n) is 0.549. The van der Waals surface area contributed by atoms with E-state index >= 15 is 0 Å². The zero-order chi connectivity index (χ0) is 7.28. The molecule has 0 spiro atoms. The van der Waals surface area contributed by atoms with Gasteiger partial charge in [-0.3, -0.25) is 4.99 Å². The summed E-state index contributed by atoms with van der Waals surface area (Å²) in [5.74, 6) is 0.988. The van der Waals surface area contributed by atoms with Gasteiger partial charge in [0.15, 0.2) is 0 Å². The van der Waals surface area contributed by atoms with Crippen LogP contribution >= 0.6 is 0 Å². The molecule has 52 valence electrons. The normalized spacial score (nSPS) is 11.2. The van der Waals surface area contributed by atoms with Crippen LogP contribution in [0.1, 0.15) is 20.3 Å². The van der Waals surface area contributed by atoms with Crippen LogP contribution in [0, 0.1) is 0 Å². The maximum Gasteiger partial charge on any atom is 0.0997 e. The summed E-state index contributed by atoms with van der Waals surface area (Å²) in [5, 5.41) is 3.03. The van der Waals surface area contributed by atoms with Crippen LogP contribution in [-0.2, 0) is 0 Å². The Morgan fingerprint density at radius 1 is 1.67 bits per heavy atom. The maximum atomic E-state index is 3.99. The van der Waals surface area contributed by atoms with Crippen LogP contribution in [0.4, 0.5) is 0 Å². The zero-order valence-electron chi connectivity index (χ0n) is 6.36. The first-order chi connectivity index (χ1) is 4.20. The summed E-state index contributed by atoms with van der Waals surface area (Å²) in [6.07, 6.45) is 0.934. The van der Waals surface area contributed by atoms with Crippen molar-refractivity contribution in [3.8, 4) is 0 Å². The Hall–Kier alpha value is -0.790. The van der Waals surface area contributed by atoms with Crippen molar-refractivity contribution in [3.63, 3.8) is 0 Å². The van der Waals surface area contributed by atoms with E-state index < -0.39 is 0 Å². The Kier molecular flexibility index (Phi) is 3.76. The molecule has 0 unspecified atom stereocenters. The van der Waals surface area contributed by atoms with Crippen LogP contribution in [0.25, 0.3) is 0 Å². The minimum absolute atomic E-state index is 0.934. The second-order valence-corrected chi connectivity index (χ2v) is 1.93. The van der Waals surface area contributed by atoms with Gasteiger partial charge in [0.05, 0.1) is 5.84 Å². The Bertz CT molecular complexity index is 125. The van der Waals surface area contributed by atoms with Gasteiger partial charge in [-0.25, -0.2) is 0 Å². The second-order valence-electron chi connectivity index (χ2n) is 1.93. The minimum Gasteiger partial charge on any atom is -0.348 e. The maximum absolute atomic E-state index is 3.99. The average Bonchev–Trinajstić information content (AvgIpc) is 1.82. The molecule has 2 nitrogen and oxygen atoms in total. The number of nitrogens with one attached hydrogen (secondary N) is 1. The van der Waals surface area contributed by atoms with Crippen molar-refractivity contribution in [2.24, 2.45) is 4.99 Å². The van der Waals surface area contributed by atoms with E-state index in [-0.39, 0.29) is 0 Å². The smallest absolute Gasteiger partial charge is 0.0997 e. The minimum atomic E-state index is 0.934. The summed E-state index contributed by atoms with van der Waals surface area (Å²) in [4.78, 5) is 3.99. The van der Waals surface area contributed by atoms with E-state index in [1.807, 2.05) is 6.92 Å². The summed E-state index contributed by atoms with van der Waals surface area (Å²) in [6, 6.07) is 0. The van der Waals surface area contributed by atoms with E-state index in [0.29, 0.717) is 0 Å². The lowest BCUT2D eigenvalue weighted by Crippen LogP contribution is -2.19. The first kappa shape index (κ1) is 8.21. The number of hydrogen-bond donors (Lipinski definition) is 1. The molecule has 0 aliphatic rings. The summed E-state index contributed by atoms with van der Waals surface area (Å²) in [5.41, 5.74) is 0.942. The van der Waals surface area contributed by atoms with Crippen molar-refractivity contribution in [3.05, 3.63) is 12.3 Å². The molecule has 0 aromatic carbocycles. The lowest BCUT2D eigenvalue weighted by atomic mass is 10.4. The van der Waals surface area contributed by atoms with Crippen molar-refractivity contribution >= 4 is 5.84 Å². The quantitative estimate of drug-likeness (QED) is 0.440. The first-order valence-corrected chi connectivity index (χ1v) is 3.09. The Morgan fingerprint density at radius 2 is 2.22 bits per heavy atom. The van der Waals surface area contributed by atoms with Gasteiger partial charge >= 0.3 is 0 Å². The van der Waals surface area contributed by atoms with Gasteiger partial charge in [0.2, 0.25) is 0 Å². The summed E-state index contributed by atoms with van der Waals surface area (Å²) in [7, 11) is 1.77. The summed E-state index contributed by atoms with van der Waals surface area (Å²) in [6.45, 7) is 7.67. The Balaban J connectivity index is 3.71. The predicted octanol–water partition coefficient (Wildman–Crippen LogP) is 1.55. The third-order valence-corrected chi connectivity index (χ3v) is 0.962. The highest BCUT2D eigenvalue weighted by Gasteiger charge is 1.89. The molecule has 1 N–H and O–H groups in total. The molecular formula is C7H14N2. The van der Waals surface area contributed by atoms with Gasteiger partial charge in [0.25, 0.3) is 0 Å². The molecule has 0 rings (SSSR count).